The maximum absolute atomic E-state index is 12.1. The summed E-state index contributed by atoms with van der Waals surface area (Å²) >= 11 is 0. The summed E-state index contributed by atoms with van der Waals surface area (Å²) in [5.74, 6) is 0.449. The number of amides is 2. The fraction of sp³-hybridized carbons (Fsp3) is 0.333. The molecule has 0 atom stereocenters. The Kier molecular flexibility index (Phi) is 6.30. The van der Waals surface area contributed by atoms with Crippen molar-refractivity contribution in [3.8, 4) is 11.5 Å². The third-order valence-electron chi connectivity index (χ3n) is 4.53. The van der Waals surface area contributed by atoms with Crippen molar-refractivity contribution in [1.82, 2.24) is 5.32 Å². The van der Waals surface area contributed by atoms with Crippen molar-refractivity contribution >= 4 is 11.8 Å². The van der Waals surface area contributed by atoms with Crippen LogP contribution >= 0.6 is 0 Å². The van der Waals surface area contributed by atoms with Gasteiger partial charge in [0.15, 0.2) is 6.61 Å². The zero-order valence-corrected chi connectivity index (χ0v) is 15.1. The van der Waals surface area contributed by atoms with Crippen LogP contribution in [0, 0.1) is 0 Å². The van der Waals surface area contributed by atoms with Crippen LogP contribution in [0.4, 0.5) is 0 Å². The molecule has 1 fully saturated rings. The highest BCUT2D eigenvalue weighted by atomic mass is 16.5. The highest BCUT2D eigenvalue weighted by Crippen LogP contribution is 2.26. The van der Waals surface area contributed by atoms with Crippen molar-refractivity contribution in [1.29, 1.82) is 0 Å². The molecule has 6 heteroatoms. The highest BCUT2D eigenvalue weighted by molar-refractivity contribution is 5.93. The van der Waals surface area contributed by atoms with Gasteiger partial charge in [-0.05, 0) is 49.9 Å². The number of carbonyl (C=O) groups excluding carboxylic acids is 2. The van der Waals surface area contributed by atoms with E-state index in [1.54, 1.807) is 18.2 Å². The van der Waals surface area contributed by atoms with E-state index in [1.807, 2.05) is 24.3 Å². The maximum Gasteiger partial charge on any atom is 0.258 e. The van der Waals surface area contributed by atoms with Gasteiger partial charge in [0.1, 0.15) is 11.5 Å². The first kappa shape index (κ1) is 18.8. The first-order valence-corrected chi connectivity index (χ1v) is 9.16. The Hall–Kier alpha value is -3.02. The molecule has 0 aliphatic heterocycles. The second-order valence-corrected chi connectivity index (χ2v) is 6.59. The molecular weight excluding hydrogens is 344 g/mol. The van der Waals surface area contributed by atoms with E-state index < -0.39 is 5.91 Å². The van der Waals surface area contributed by atoms with Gasteiger partial charge in [-0.2, -0.15) is 0 Å². The average molecular weight is 368 g/mol. The molecule has 2 aromatic carbocycles. The van der Waals surface area contributed by atoms with Crippen molar-refractivity contribution in [2.24, 2.45) is 5.73 Å². The van der Waals surface area contributed by atoms with E-state index in [9.17, 15) is 9.59 Å². The molecule has 0 aromatic heterocycles. The maximum atomic E-state index is 12.1. The van der Waals surface area contributed by atoms with Gasteiger partial charge in [0.05, 0.1) is 6.10 Å². The molecule has 0 spiro atoms. The van der Waals surface area contributed by atoms with E-state index in [0.717, 1.165) is 24.2 Å². The van der Waals surface area contributed by atoms with Crippen LogP contribution in [-0.2, 0) is 11.3 Å². The minimum absolute atomic E-state index is 0.145. The Morgan fingerprint density at radius 2 is 1.85 bits per heavy atom. The summed E-state index contributed by atoms with van der Waals surface area (Å²) in [4.78, 5) is 23.3. The molecule has 2 aromatic rings. The lowest BCUT2D eigenvalue weighted by atomic mass is 10.2. The van der Waals surface area contributed by atoms with Crippen molar-refractivity contribution in [2.75, 3.05) is 6.61 Å². The second kappa shape index (κ2) is 9.07. The van der Waals surface area contributed by atoms with Crippen LogP contribution in [0.1, 0.15) is 41.6 Å². The lowest BCUT2D eigenvalue weighted by Crippen LogP contribution is -2.28. The first-order valence-electron chi connectivity index (χ1n) is 9.16. The monoisotopic (exact) mass is 368 g/mol. The molecule has 1 aliphatic rings. The van der Waals surface area contributed by atoms with Crippen LogP contribution in [0.5, 0.6) is 11.5 Å². The minimum Gasteiger partial charge on any atom is -0.490 e. The van der Waals surface area contributed by atoms with Gasteiger partial charge in [0.25, 0.3) is 5.91 Å². The molecule has 27 heavy (non-hydrogen) atoms. The third kappa shape index (κ3) is 5.48. The van der Waals surface area contributed by atoms with Crippen molar-refractivity contribution < 1.29 is 19.1 Å². The van der Waals surface area contributed by atoms with Crippen LogP contribution in [-0.4, -0.2) is 24.5 Å². The number of ether oxygens (including phenoxy) is 2. The Morgan fingerprint density at radius 1 is 1.07 bits per heavy atom. The number of benzene rings is 2. The Balaban J connectivity index is 1.50. The lowest BCUT2D eigenvalue weighted by molar-refractivity contribution is -0.123. The van der Waals surface area contributed by atoms with Gasteiger partial charge in [-0.3, -0.25) is 9.59 Å². The zero-order chi connectivity index (χ0) is 19.1. The smallest absolute Gasteiger partial charge is 0.258 e. The molecule has 1 aliphatic carbocycles. The number of nitrogens with two attached hydrogens (primary N) is 1. The van der Waals surface area contributed by atoms with Gasteiger partial charge in [-0.15, -0.1) is 0 Å². The predicted octanol–water partition coefficient (Wildman–Crippen LogP) is 2.80. The molecule has 0 unspecified atom stereocenters. The topological polar surface area (TPSA) is 90.7 Å². The van der Waals surface area contributed by atoms with Gasteiger partial charge in [-0.25, -0.2) is 0 Å². The number of hydrogen-bond acceptors (Lipinski definition) is 4. The molecule has 142 valence electrons. The number of hydrogen-bond donors (Lipinski definition) is 2. The molecule has 3 N–H and O–H groups in total. The van der Waals surface area contributed by atoms with Crippen molar-refractivity contribution in [3.63, 3.8) is 0 Å². The van der Waals surface area contributed by atoms with Crippen molar-refractivity contribution in [3.05, 3.63) is 59.7 Å². The number of carbonyl (C=O) groups is 2. The van der Waals surface area contributed by atoms with Gasteiger partial charge in [0, 0.05) is 17.7 Å². The Bertz CT molecular complexity index is 800. The van der Waals surface area contributed by atoms with E-state index in [0.29, 0.717) is 17.9 Å². The molecule has 1 saturated carbocycles. The molecule has 0 saturated heterocycles. The summed E-state index contributed by atoms with van der Waals surface area (Å²) in [6, 6.07) is 14.2. The second-order valence-electron chi connectivity index (χ2n) is 6.59. The fourth-order valence-electron chi connectivity index (χ4n) is 3.08. The molecular formula is C21H24N2O4. The summed E-state index contributed by atoms with van der Waals surface area (Å²) in [6.07, 6.45) is 4.84. The molecule has 6 nitrogen and oxygen atoms in total. The van der Waals surface area contributed by atoms with Crippen LogP contribution < -0.4 is 20.5 Å². The van der Waals surface area contributed by atoms with Crippen LogP contribution in [0.2, 0.25) is 0 Å². The first-order chi connectivity index (χ1) is 13.1. The van der Waals surface area contributed by atoms with E-state index in [4.69, 9.17) is 15.2 Å². The lowest BCUT2D eigenvalue weighted by Gasteiger charge is -2.17. The van der Waals surface area contributed by atoms with E-state index in [2.05, 4.69) is 5.32 Å². The number of para-hydroxylation sites is 1. The summed E-state index contributed by atoms with van der Waals surface area (Å²) in [5.41, 5.74) is 6.51. The van der Waals surface area contributed by atoms with Gasteiger partial charge >= 0.3 is 0 Å². The Labute approximate surface area is 158 Å². The minimum atomic E-state index is -0.538. The summed E-state index contributed by atoms with van der Waals surface area (Å²) in [7, 11) is 0. The molecule has 3 rings (SSSR count). The molecule has 0 radical (unpaired) electrons. The zero-order valence-electron chi connectivity index (χ0n) is 15.1. The van der Waals surface area contributed by atoms with Crippen LogP contribution in [0.25, 0.3) is 0 Å². The number of primary amides is 1. The third-order valence-corrected chi connectivity index (χ3v) is 4.53. The normalized spacial score (nSPS) is 13.9. The summed E-state index contributed by atoms with van der Waals surface area (Å²) in [5, 5.41) is 2.84. The van der Waals surface area contributed by atoms with E-state index in [1.165, 1.54) is 18.9 Å². The quantitative estimate of drug-likeness (QED) is 0.750. The molecule has 0 heterocycles. The SMILES string of the molecule is NC(=O)c1cccc(OCC(=O)NCc2ccccc2OC2CCCC2)c1. The standard InChI is InChI=1S/C21H24N2O4/c22-21(25)15-7-5-10-18(12-15)26-14-20(24)23-13-16-6-1-4-11-19(16)27-17-8-2-3-9-17/h1,4-7,10-12,17H,2-3,8-9,13-14H2,(H2,22,25)(H,23,24). The number of rotatable bonds is 8. The number of nitrogens with one attached hydrogen (secondary N) is 1. The fourth-order valence-corrected chi connectivity index (χ4v) is 3.08. The summed E-state index contributed by atoms with van der Waals surface area (Å²) < 4.78 is 11.5. The van der Waals surface area contributed by atoms with Crippen molar-refractivity contribution in [2.45, 2.75) is 38.3 Å². The van der Waals surface area contributed by atoms with Crippen LogP contribution in [0.3, 0.4) is 0 Å². The van der Waals surface area contributed by atoms with Crippen LogP contribution in [0.15, 0.2) is 48.5 Å². The molecule has 2 amide bonds. The largest absolute Gasteiger partial charge is 0.490 e. The van der Waals surface area contributed by atoms with E-state index in [-0.39, 0.29) is 18.6 Å². The highest BCUT2D eigenvalue weighted by Gasteiger charge is 2.18. The van der Waals surface area contributed by atoms with Gasteiger partial charge in [-0.1, -0.05) is 24.3 Å². The van der Waals surface area contributed by atoms with E-state index >= 15 is 0 Å². The van der Waals surface area contributed by atoms with Gasteiger partial charge in [0.2, 0.25) is 5.91 Å². The predicted molar refractivity (Wildman–Crippen MR) is 102 cm³/mol. The Morgan fingerprint density at radius 3 is 2.63 bits per heavy atom. The molecule has 0 bridgehead atoms. The summed E-state index contributed by atoms with van der Waals surface area (Å²) in [6.45, 7) is 0.222. The van der Waals surface area contributed by atoms with Gasteiger partial charge < -0.3 is 20.5 Å². The average Bonchev–Trinajstić information content (AvgIpc) is 3.19.